The van der Waals surface area contributed by atoms with Crippen molar-refractivity contribution >= 4 is 26.8 Å². The third kappa shape index (κ3) is 6.06. The Bertz CT molecular complexity index is 946. The Labute approximate surface area is 195 Å². The minimum atomic E-state index is 0.891. The van der Waals surface area contributed by atoms with E-state index in [1.807, 2.05) is 12.1 Å². The first-order valence-corrected chi connectivity index (χ1v) is 12.7. The lowest BCUT2D eigenvalue weighted by Gasteiger charge is -2.13. The zero-order chi connectivity index (χ0) is 22.1. The van der Waals surface area contributed by atoms with Crippen LogP contribution in [0.3, 0.4) is 0 Å². The molecule has 3 nitrogen and oxygen atoms in total. The van der Waals surface area contributed by atoms with Crippen LogP contribution in [0.4, 0.5) is 0 Å². The fraction of sp³-hybridized carbons (Fsp3) is 0.481. The molecule has 3 aromatic rings. The van der Waals surface area contributed by atoms with Crippen LogP contribution in [0, 0.1) is 6.92 Å². The van der Waals surface area contributed by atoms with Gasteiger partial charge in [-0.15, -0.1) is 0 Å². The van der Waals surface area contributed by atoms with Crippen molar-refractivity contribution in [2.24, 2.45) is 0 Å². The molecule has 168 valence electrons. The van der Waals surface area contributed by atoms with E-state index in [9.17, 15) is 0 Å². The highest BCUT2D eigenvalue weighted by molar-refractivity contribution is 9.09. The summed E-state index contributed by atoms with van der Waals surface area (Å²) in [6, 6.07) is 14.9. The molecule has 1 heterocycles. The van der Waals surface area contributed by atoms with Crippen molar-refractivity contribution in [3.8, 4) is 22.8 Å². The number of nitrogens with zero attached hydrogens (tertiary/aromatic N) is 1. The molecule has 0 aliphatic rings. The standard InChI is InChI=1S/C27H36BrNO2/c1-21-25-20-24(31-3)16-17-26(25)29(19-11-9-7-5-4-6-8-10-18-28)27(21)22-12-14-23(30-2)15-13-22/h12-17,20H,4-11,18-19H2,1-3H3. The van der Waals surface area contributed by atoms with E-state index in [2.05, 4.69) is 57.8 Å². The van der Waals surface area contributed by atoms with Gasteiger partial charge in [0.25, 0.3) is 0 Å². The first-order chi connectivity index (χ1) is 15.2. The van der Waals surface area contributed by atoms with E-state index in [4.69, 9.17) is 9.47 Å². The molecular weight excluding hydrogens is 450 g/mol. The molecule has 0 unspecified atom stereocenters. The van der Waals surface area contributed by atoms with E-state index in [0.717, 1.165) is 23.4 Å². The number of methoxy groups -OCH3 is 2. The zero-order valence-corrected chi connectivity index (χ0v) is 20.8. The molecule has 0 aliphatic heterocycles. The van der Waals surface area contributed by atoms with Crippen molar-refractivity contribution in [1.82, 2.24) is 4.57 Å². The number of benzene rings is 2. The average molecular weight is 486 g/mol. The van der Waals surface area contributed by atoms with Crippen LogP contribution in [0.15, 0.2) is 42.5 Å². The summed E-state index contributed by atoms with van der Waals surface area (Å²) in [4.78, 5) is 0. The topological polar surface area (TPSA) is 23.4 Å². The van der Waals surface area contributed by atoms with Gasteiger partial charge in [0.1, 0.15) is 11.5 Å². The molecule has 0 saturated heterocycles. The summed E-state index contributed by atoms with van der Waals surface area (Å²) in [7, 11) is 3.45. The summed E-state index contributed by atoms with van der Waals surface area (Å²) >= 11 is 3.52. The smallest absolute Gasteiger partial charge is 0.119 e. The fourth-order valence-corrected chi connectivity index (χ4v) is 4.80. The number of ether oxygens (including phenoxy) is 2. The maximum absolute atomic E-state index is 5.49. The van der Waals surface area contributed by atoms with Crippen molar-refractivity contribution in [3.05, 3.63) is 48.0 Å². The molecule has 0 fully saturated rings. The van der Waals surface area contributed by atoms with Gasteiger partial charge in [-0.2, -0.15) is 0 Å². The molecule has 0 N–H and O–H groups in total. The van der Waals surface area contributed by atoms with Crippen LogP contribution < -0.4 is 9.47 Å². The molecule has 31 heavy (non-hydrogen) atoms. The van der Waals surface area contributed by atoms with Gasteiger partial charge in [0.2, 0.25) is 0 Å². The molecule has 3 rings (SSSR count). The predicted octanol–water partition coefficient (Wildman–Crippen LogP) is 8.15. The minimum absolute atomic E-state index is 0.891. The van der Waals surface area contributed by atoms with Gasteiger partial charge < -0.3 is 14.0 Å². The third-order valence-electron chi connectivity index (χ3n) is 6.15. The third-order valence-corrected chi connectivity index (χ3v) is 6.71. The fourth-order valence-electron chi connectivity index (χ4n) is 4.41. The van der Waals surface area contributed by atoms with E-state index in [1.165, 1.54) is 79.1 Å². The van der Waals surface area contributed by atoms with Crippen molar-refractivity contribution in [2.75, 3.05) is 19.5 Å². The second-order valence-corrected chi connectivity index (χ2v) is 9.05. The predicted molar refractivity (Wildman–Crippen MR) is 136 cm³/mol. The van der Waals surface area contributed by atoms with Crippen LogP contribution >= 0.6 is 15.9 Å². The summed E-state index contributed by atoms with van der Waals surface area (Å²) in [5, 5.41) is 2.41. The first kappa shape index (κ1) is 23.7. The van der Waals surface area contributed by atoms with Gasteiger partial charge in [-0.1, -0.05) is 54.5 Å². The van der Waals surface area contributed by atoms with Crippen LogP contribution in [-0.2, 0) is 6.54 Å². The van der Waals surface area contributed by atoms with Gasteiger partial charge in [0, 0.05) is 22.8 Å². The first-order valence-electron chi connectivity index (χ1n) is 11.6. The highest BCUT2D eigenvalue weighted by Gasteiger charge is 2.16. The van der Waals surface area contributed by atoms with Crippen LogP contribution in [0.25, 0.3) is 22.2 Å². The number of halogens is 1. The average Bonchev–Trinajstić information content (AvgIpc) is 3.08. The Morgan fingerprint density at radius 3 is 1.94 bits per heavy atom. The molecule has 0 atom stereocenters. The van der Waals surface area contributed by atoms with Crippen LogP contribution in [0.1, 0.15) is 56.9 Å². The Morgan fingerprint density at radius 2 is 1.32 bits per heavy atom. The quantitative estimate of drug-likeness (QED) is 0.180. The van der Waals surface area contributed by atoms with Crippen molar-refractivity contribution in [2.45, 2.75) is 64.8 Å². The molecule has 1 aromatic heterocycles. The molecule has 0 aliphatic carbocycles. The van der Waals surface area contributed by atoms with Gasteiger partial charge >= 0.3 is 0 Å². The number of alkyl halides is 1. The van der Waals surface area contributed by atoms with Crippen molar-refractivity contribution in [3.63, 3.8) is 0 Å². The maximum atomic E-state index is 5.49. The van der Waals surface area contributed by atoms with Crippen molar-refractivity contribution < 1.29 is 9.47 Å². The van der Waals surface area contributed by atoms with E-state index < -0.39 is 0 Å². The van der Waals surface area contributed by atoms with Crippen LogP contribution in [0.2, 0.25) is 0 Å². The summed E-state index contributed by atoms with van der Waals surface area (Å²) in [5.41, 5.74) is 5.14. The van der Waals surface area contributed by atoms with Gasteiger partial charge in [-0.05, 0) is 73.4 Å². The van der Waals surface area contributed by atoms with E-state index in [1.54, 1.807) is 14.2 Å². The largest absolute Gasteiger partial charge is 0.497 e. The second kappa shape index (κ2) is 12.2. The molecular formula is C27H36BrNO2. The minimum Gasteiger partial charge on any atom is -0.497 e. The molecule has 0 radical (unpaired) electrons. The Kier molecular flexibility index (Phi) is 9.32. The van der Waals surface area contributed by atoms with E-state index >= 15 is 0 Å². The molecule has 0 saturated carbocycles. The van der Waals surface area contributed by atoms with Crippen LogP contribution in [-0.4, -0.2) is 24.1 Å². The highest BCUT2D eigenvalue weighted by atomic mass is 79.9. The zero-order valence-electron chi connectivity index (χ0n) is 19.3. The lowest BCUT2D eigenvalue weighted by Crippen LogP contribution is -2.01. The van der Waals surface area contributed by atoms with E-state index in [-0.39, 0.29) is 0 Å². The van der Waals surface area contributed by atoms with Crippen molar-refractivity contribution in [1.29, 1.82) is 0 Å². The Hall–Kier alpha value is -1.94. The lowest BCUT2D eigenvalue weighted by atomic mass is 10.1. The van der Waals surface area contributed by atoms with Gasteiger partial charge in [0.05, 0.1) is 19.9 Å². The number of rotatable bonds is 13. The molecule has 0 amide bonds. The number of unbranched alkanes of at least 4 members (excludes halogenated alkanes) is 7. The SMILES string of the molecule is COc1ccc(-c2c(C)c3cc(OC)ccc3n2CCCCCCCCCCBr)cc1. The molecule has 2 aromatic carbocycles. The number of aryl methyl sites for hydroxylation is 2. The number of fused-ring (bicyclic) bond motifs is 1. The number of hydrogen-bond acceptors (Lipinski definition) is 2. The summed E-state index contributed by atoms with van der Waals surface area (Å²) in [6.45, 7) is 3.27. The Balaban J connectivity index is 1.75. The normalized spacial score (nSPS) is 11.2. The number of hydrogen-bond donors (Lipinski definition) is 0. The van der Waals surface area contributed by atoms with Crippen LogP contribution in [0.5, 0.6) is 11.5 Å². The Morgan fingerprint density at radius 1 is 0.742 bits per heavy atom. The number of aromatic nitrogens is 1. The highest BCUT2D eigenvalue weighted by Crippen LogP contribution is 2.36. The second-order valence-electron chi connectivity index (χ2n) is 8.25. The molecule has 4 heteroatoms. The van der Waals surface area contributed by atoms with Gasteiger partial charge in [-0.25, -0.2) is 0 Å². The van der Waals surface area contributed by atoms with Gasteiger partial charge in [0.15, 0.2) is 0 Å². The van der Waals surface area contributed by atoms with E-state index in [0.29, 0.717) is 0 Å². The monoisotopic (exact) mass is 485 g/mol. The summed E-state index contributed by atoms with van der Waals surface area (Å²) < 4.78 is 13.4. The maximum Gasteiger partial charge on any atom is 0.119 e. The summed E-state index contributed by atoms with van der Waals surface area (Å²) in [5.74, 6) is 1.80. The van der Waals surface area contributed by atoms with Gasteiger partial charge in [-0.3, -0.25) is 0 Å². The molecule has 0 spiro atoms. The molecule has 0 bridgehead atoms. The summed E-state index contributed by atoms with van der Waals surface area (Å²) in [6.07, 6.45) is 10.6. The lowest BCUT2D eigenvalue weighted by molar-refractivity contribution is 0.415.